The van der Waals surface area contributed by atoms with Crippen LogP contribution < -0.4 is 4.72 Å². The lowest BCUT2D eigenvalue weighted by atomic mass is 10.2. The van der Waals surface area contributed by atoms with Crippen LogP contribution in [0.1, 0.15) is 18.9 Å². The third-order valence-corrected chi connectivity index (χ3v) is 4.87. The Morgan fingerprint density at radius 3 is 2.87 bits per heavy atom. The molecule has 0 saturated carbocycles. The Morgan fingerprint density at radius 1 is 1.43 bits per heavy atom. The quantitative estimate of drug-likeness (QED) is 0.775. The minimum absolute atomic E-state index is 0.0825. The molecule has 2 unspecified atom stereocenters. The topological polar surface area (TPSA) is 111 Å². The molecule has 1 N–H and O–H groups in total. The van der Waals surface area contributed by atoms with Gasteiger partial charge in [0.2, 0.25) is 6.10 Å². The van der Waals surface area contributed by atoms with Crippen molar-refractivity contribution < 1.29 is 27.5 Å². The Balaban J connectivity index is 1.79. The van der Waals surface area contributed by atoms with Gasteiger partial charge < -0.3 is 9.47 Å². The molecule has 8 nitrogen and oxygen atoms in total. The van der Waals surface area contributed by atoms with E-state index in [1.807, 2.05) is 0 Å². The fourth-order valence-electron chi connectivity index (χ4n) is 2.30. The van der Waals surface area contributed by atoms with Crippen LogP contribution in [-0.2, 0) is 29.1 Å². The zero-order chi connectivity index (χ0) is 16.6. The van der Waals surface area contributed by atoms with Crippen molar-refractivity contribution in [1.82, 2.24) is 4.72 Å². The smallest absolute Gasteiger partial charge is 0.347 e. The number of aliphatic imine (C=N–C) groups is 1. The van der Waals surface area contributed by atoms with E-state index in [1.165, 1.54) is 13.0 Å². The van der Waals surface area contributed by atoms with Gasteiger partial charge in [0.1, 0.15) is 11.9 Å². The molecule has 1 saturated heterocycles. The highest BCUT2D eigenvalue weighted by Gasteiger charge is 2.34. The van der Waals surface area contributed by atoms with Crippen LogP contribution in [0.25, 0.3) is 0 Å². The minimum Gasteiger partial charge on any atom is -0.463 e. The molecule has 23 heavy (non-hydrogen) atoms. The first-order valence-electron chi connectivity index (χ1n) is 6.95. The van der Waals surface area contributed by atoms with Crippen LogP contribution in [0.2, 0.25) is 0 Å². The van der Waals surface area contributed by atoms with Gasteiger partial charge in [0.15, 0.2) is 0 Å². The largest absolute Gasteiger partial charge is 0.463 e. The summed E-state index contributed by atoms with van der Waals surface area (Å²) in [5.74, 6) is -1.21. The molecular formula is C14H14N2O6S. The van der Waals surface area contributed by atoms with Gasteiger partial charge in [-0.05, 0) is 19.1 Å². The number of nitrogens with one attached hydrogen (secondary N) is 1. The van der Waals surface area contributed by atoms with E-state index >= 15 is 0 Å². The summed E-state index contributed by atoms with van der Waals surface area (Å²) in [5, 5.41) is 0. The molecule has 3 rings (SSSR count). The Morgan fingerprint density at radius 2 is 2.17 bits per heavy atom. The molecule has 0 aliphatic carbocycles. The number of cyclic esters (lactones) is 1. The second-order valence-electron chi connectivity index (χ2n) is 5.14. The molecule has 0 amide bonds. The van der Waals surface area contributed by atoms with Crippen LogP contribution >= 0.6 is 0 Å². The molecule has 122 valence electrons. The summed E-state index contributed by atoms with van der Waals surface area (Å²) in [5.41, 5.74) is 0.396. The van der Waals surface area contributed by atoms with E-state index in [2.05, 4.69) is 9.71 Å². The predicted octanol–water partition coefficient (Wildman–Crippen LogP) is -0.0277. The van der Waals surface area contributed by atoms with Gasteiger partial charge in [-0.1, -0.05) is 12.1 Å². The maximum Gasteiger partial charge on any atom is 0.347 e. The summed E-state index contributed by atoms with van der Waals surface area (Å²) in [6.07, 6.45) is -0.610. The Bertz CT molecular complexity index is 801. The Labute approximate surface area is 132 Å². The number of sulfonamides is 1. The lowest BCUT2D eigenvalue weighted by Crippen LogP contribution is -2.30. The van der Waals surface area contributed by atoms with Crippen molar-refractivity contribution in [3.05, 3.63) is 29.8 Å². The zero-order valence-corrected chi connectivity index (χ0v) is 13.0. The van der Waals surface area contributed by atoms with Crippen molar-refractivity contribution in [3.8, 4) is 0 Å². The molecular weight excluding hydrogens is 324 g/mol. The first-order valence-corrected chi connectivity index (χ1v) is 8.44. The number of benzene rings is 1. The van der Waals surface area contributed by atoms with Gasteiger partial charge in [-0.2, -0.15) is 0 Å². The van der Waals surface area contributed by atoms with Crippen molar-refractivity contribution in [2.75, 3.05) is 6.61 Å². The van der Waals surface area contributed by atoms with Gasteiger partial charge in [0.25, 0.3) is 10.0 Å². The van der Waals surface area contributed by atoms with Crippen LogP contribution in [-0.4, -0.2) is 44.9 Å². The normalized spacial score (nSPS) is 24.7. The lowest BCUT2D eigenvalue weighted by Gasteiger charge is -2.11. The molecule has 9 heteroatoms. The number of nitrogens with zero attached hydrogens (tertiary/aromatic N) is 1. The Kier molecular flexibility index (Phi) is 3.80. The van der Waals surface area contributed by atoms with Crippen molar-refractivity contribution in [3.63, 3.8) is 0 Å². The van der Waals surface area contributed by atoms with Crippen LogP contribution in [0.15, 0.2) is 34.2 Å². The number of carbonyl (C=O) groups excluding carboxylic acids is 2. The standard InChI is InChI=1S/C14H14N2O6S/c1-8(13(17)22-10-6-7-21-14(10)18)15-12-9-4-2-3-5-11(9)23(19,20)16-12/h2-5,8,10H,6-7H2,1H3,(H,15,16). The molecule has 2 aliphatic heterocycles. The maximum atomic E-state index is 12.0. The highest BCUT2D eigenvalue weighted by Crippen LogP contribution is 2.22. The van der Waals surface area contributed by atoms with Gasteiger partial charge in [-0.15, -0.1) is 0 Å². The summed E-state index contributed by atoms with van der Waals surface area (Å²) in [4.78, 5) is 27.5. The minimum atomic E-state index is -3.66. The fourth-order valence-corrected chi connectivity index (χ4v) is 3.54. The second kappa shape index (κ2) is 5.65. The zero-order valence-electron chi connectivity index (χ0n) is 12.2. The molecule has 2 aliphatic rings. The number of ether oxygens (including phenoxy) is 2. The summed E-state index contributed by atoms with van der Waals surface area (Å²) >= 11 is 0. The number of carbonyl (C=O) groups is 2. The van der Waals surface area contributed by atoms with Gasteiger partial charge in [-0.3, -0.25) is 9.71 Å². The van der Waals surface area contributed by atoms with Crippen LogP contribution in [0.4, 0.5) is 0 Å². The number of hydrogen-bond donors (Lipinski definition) is 1. The summed E-state index contributed by atoms with van der Waals surface area (Å²) in [6.45, 7) is 1.68. The first-order chi connectivity index (χ1) is 10.9. The van der Waals surface area contributed by atoms with Gasteiger partial charge in [0.05, 0.1) is 11.5 Å². The van der Waals surface area contributed by atoms with E-state index in [4.69, 9.17) is 9.47 Å². The highest BCUT2D eigenvalue weighted by atomic mass is 32.2. The fraction of sp³-hybridized carbons (Fsp3) is 0.357. The molecule has 2 atom stereocenters. The van der Waals surface area contributed by atoms with E-state index in [-0.39, 0.29) is 17.3 Å². The third kappa shape index (κ3) is 2.91. The first kappa shape index (κ1) is 15.5. The van der Waals surface area contributed by atoms with Gasteiger partial charge >= 0.3 is 11.9 Å². The number of rotatable bonds is 3. The van der Waals surface area contributed by atoms with Crippen LogP contribution in [0.3, 0.4) is 0 Å². The van der Waals surface area contributed by atoms with E-state index in [0.29, 0.717) is 12.0 Å². The lowest BCUT2D eigenvalue weighted by molar-refractivity contribution is -0.160. The number of amidine groups is 1. The van der Waals surface area contributed by atoms with E-state index < -0.39 is 34.1 Å². The molecule has 1 aromatic carbocycles. The third-order valence-electron chi connectivity index (χ3n) is 3.47. The van der Waals surface area contributed by atoms with Crippen LogP contribution in [0, 0.1) is 0 Å². The average Bonchev–Trinajstić information content (AvgIpc) is 3.01. The van der Waals surface area contributed by atoms with E-state index in [1.54, 1.807) is 18.2 Å². The van der Waals surface area contributed by atoms with Gasteiger partial charge in [0, 0.05) is 12.0 Å². The van der Waals surface area contributed by atoms with Crippen LogP contribution in [0.5, 0.6) is 0 Å². The predicted molar refractivity (Wildman–Crippen MR) is 78.2 cm³/mol. The molecule has 1 fully saturated rings. The van der Waals surface area contributed by atoms with E-state index in [9.17, 15) is 18.0 Å². The monoisotopic (exact) mass is 338 g/mol. The van der Waals surface area contributed by atoms with Crippen molar-refractivity contribution >= 4 is 27.8 Å². The molecule has 2 heterocycles. The van der Waals surface area contributed by atoms with E-state index in [0.717, 1.165) is 0 Å². The average molecular weight is 338 g/mol. The second-order valence-corrected chi connectivity index (χ2v) is 6.79. The summed E-state index contributed by atoms with van der Waals surface area (Å²) in [6, 6.07) is 5.36. The van der Waals surface area contributed by atoms with Crippen molar-refractivity contribution in [1.29, 1.82) is 0 Å². The summed E-state index contributed by atoms with van der Waals surface area (Å²) < 4.78 is 36.0. The molecule has 0 aromatic heterocycles. The Hall–Kier alpha value is -2.42. The number of esters is 2. The number of hydrogen-bond acceptors (Lipinski definition) is 7. The summed E-state index contributed by atoms with van der Waals surface area (Å²) in [7, 11) is -3.66. The molecule has 0 spiro atoms. The molecule has 0 bridgehead atoms. The van der Waals surface area contributed by atoms with Crippen molar-refractivity contribution in [2.24, 2.45) is 4.99 Å². The SMILES string of the molecule is CC(N=C1NS(=O)(=O)c2ccccc21)C(=O)OC1CCOC1=O. The molecule has 0 radical (unpaired) electrons. The van der Waals surface area contributed by atoms with Gasteiger partial charge in [-0.25, -0.2) is 18.0 Å². The highest BCUT2D eigenvalue weighted by molar-refractivity contribution is 7.90. The number of fused-ring (bicyclic) bond motifs is 1. The molecule has 1 aromatic rings. The maximum absolute atomic E-state index is 12.0. The van der Waals surface area contributed by atoms with Crippen molar-refractivity contribution in [2.45, 2.75) is 30.4 Å².